The molecule has 2 heterocycles. The third-order valence-corrected chi connectivity index (χ3v) is 4.35. The summed E-state index contributed by atoms with van der Waals surface area (Å²) in [7, 11) is 0. The average molecular weight is 271 g/mol. The highest BCUT2D eigenvalue weighted by molar-refractivity contribution is 5.75. The number of aryl methyl sites for hydroxylation is 1. The Hall–Kier alpha value is -1.35. The van der Waals surface area contributed by atoms with E-state index in [0.29, 0.717) is 12.0 Å². The minimum Gasteiger partial charge on any atom is -0.341 e. The van der Waals surface area contributed by atoms with Gasteiger partial charge in [0, 0.05) is 0 Å². The molecule has 1 saturated heterocycles. The summed E-state index contributed by atoms with van der Waals surface area (Å²) in [6.07, 6.45) is 4.02. The maximum Gasteiger partial charge on any atom is 0.124 e. The molecule has 1 fully saturated rings. The van der Waals surface area contributed by atoms with Crippen LogP contribution in [0.15, 0.2) is 18.2 Å². The van der Waals surface area contributed by atoms with Crippen molar-refractivity contribution in [3.05, 3.63) is 29.6 Å². The predicted octanol–water partition coefficient (Wildman–Crippen LogP) is 4.05. The summed E-state index contributed by atoms with van der Waals surface area (Å²) in [6.45, 7) is 9.15. The van der Waals surface area contributed by atoms with Crippen LogP contribution in [0.25, 0.3) is 11.0 Å². The Bertz CT molecular complexity index is 579. The quantitative estimate of drug-likeness (QED) is 0.913. The molecule has 2 aromatic rings. The first-order valence-corrected chi connectivity index (χ1v) is 7.85. The van der Waals surface area contributed by atoms with Crippen LogP contribution >= 0.6 is 0 Å². The lowest BCUT2D eigenvalue weighted by Crippen LogP contribution is -2.36. The lowest BCUT2D eigenvalue weighted by molar-refractivity contribution is 0.123. The van der Waals surface area contributed by atoms with Crippen LogP contribution in [-0.4, -0.2) is 28.0 Å². The van der Waals surface area contributed by atoms with E-state index in [-0.39, 0.29) is 0 Å². The van der Waals surface area contributed by atoms with Crippen LogP contribution in [-0.2, 0) is 0 Å². The molecule has 108 valence electrons. The van der Waals surface area contributed by atoms with Gasteiger partial charge < -0.3 is 4.98 Å². The molecule has 1 aliphatic rings. The van der Waals surface area contributed by atoms with E-state index >= 15 is 0 Å². The fraction of sp³-hybridized carbons (Fsp3) is 0.588. The zero-order valence-electron chi connectivity index (χ0n) is 12.8. The predicted molar refractivity (Wildman–Crippen MR) is 83.8 cm³/mol. The van der Waals surface area contributed by atoms with Gasteiger partial charge >= 0.3 is 0 Å². The summed E-state index contributed by atoms with van der Waals surface area (Å²) in [4.78, 5) is 11.0. The largest absolute Gasteiger partial charge is 0.341 e. The summed E-state index contributed by atoms with van der Waals surface area (Å²) in [5.41, 5.74) is 3.54. The van der Waals surface area contributed by atoms with Gasteiger partial charge in [-0.15, -0.1) is 0 Å². The molecule has 0 amide bonds. The van der Waals surface area contributed by atoms with Crippen molar-refractivity contribution in [3.63, 3.8) is 0 Å². The van der Waals surface area contributed by atoms with Crippen LogP contribution in [0.1, 0.15) is 50.5 Å². The number of aromatic nitrogens is 2. The van der Waals surface area contributed by atoms with Gasteiger partial charge in [-0.25, -0.2) is 4.98 Å². The zero-order valence-corrected chi connectivity index (χ0v) is 12.8. The molecular formula is C17H25N3. The third kappa shape index (κ3) is 2.59. The van der Waals surface area contributed by atoms with Crippen LogP contribution in [0, 0.1) is 12.8 Å². The first-order chi connectivity index (χ1) is 9.65. The number of likely N-dealkylation sites (tertiary alicyclic amines) is 1. The van der Waals surface area contributed by atoms with Crippen LogP contribution in [0.4, 0.5) is 0 Å². The van der Waals surface area contributed by atoms with Crippen molar-refractivity contribution in [3.8, 4) is 0 Å². The highest BCUT2D eigenvalue weighted by atomic mass is 15.2. The molecule has 20 heavy (non-hydrogen) atoms. The van der Waals surface area contributed by atoms with Gasteiger partial charge in [-0.05, 0) is 56.5 Å². The number of hydrogen-bond donors (Lipinski definition) is 1. The van der Waals surface area contributed by atoms with Gasteiger partial charge in [0.2, 0.25) is 0 Å². The Morgan fingerprint density at radius 3 is 2.60 bits per heavy atom. The number of nitrogens with zero attached hydrogens (tertiary/aromatic N) is 2. The number of aromatic amines is 1. The molecule has 0 bridgehead atoms. The van der Waals surface area contributed by atoms with Gasteiger partial charge in [-0.1, -0.05) is 26.3 Å². The highest BCUT2D eigenvalue weighted by Gasteiger charge is 2.27. The monoisotopic (exact) mass is 271 g/mol. The van der Waals surface area contributed by atoms with Crippen LogP contribution in [0.2, 0.25) is 0 Å². The zero-order chi connectivity index (χ0) is 14.1. The number of piperidine rings is 1. The molecule has 1 atom stereocenters. The fourth-order valence-corrected chi connectivity index (χ4v) is 3.39. The maximum absolute atomic E-state index is 4.85. The maximum atomic E-state index is 4.85. The first kappa shape index (κ1) is 13.6. The van der Waals surface area contributed by atoms with E-state index in [1.54, 1.807) is 0 Å². The van der Waals surface area contributed by atoms with Crippen LogP contribution < -0.4 is 0 Å². The molecule has 1 aromatic carbocycles. The lowest BCUT2D eigenvalue weighted by Gasteiger charge is -2.35. The molecule has 0 aliphatic carbocycles. The Labute approximate surface area is 121 Å². The van der Waals surface area contributed by atoms with Gasteiger partial charge in [0.15, 0.2) is 0 Å². The number of imidazole rings is 1. The summed E-state index contributed by atoms with van der Waals surface area (Å²) >= 11 is 0. The molecule has 1 aliphatic heterocycles. The van der Waals surface area contributed by atoms with Crippen molar-refractivity contribution < 1.29 is 0 Å². The molecule has 1 N–H and O–H groups in total. The Kier molecular flexibility index (Phi) is 3.79. The van der Waals surface area contributed by atoms with Crippen molar-refractivity contribution in [2.45, 2.75) is 46.1 Å². The van der Waals surface area contributed by atoms with Gasteiger partial charge in [0.25, 0.3) is 0 Å². The standard InChI is InChI=1S/C17H25N3/c1-12(2)16(20-9-5-4-6-10-20)17-18-14-8-7-13(3)11-15(14)19-17/h7-8,11-12,16H,4-6,9-10H2,1-3H3,(H,18,19). The minimum atomic E-state index is 0.419. The normalized spacial score (nSPS) is 18.8. The summed E-state index contributed by atoms with van der Waals surface area (Å²) in [5, 5.41) is 0. The second kappa shape index (κ2) is 5.57. The minimum absolute atomic E-state index is 0.419. The number of hydrogen-bond acceptors (Lipinski definition) is 2. The van der Waals surface area contributed by atoms with Crippen molar-refractivity contribution >= 4 is 11.0 Å². The van der Waals surface area contributed by atoms with E-state index < -0.39 is 0 Å². The number of fused-ring (bicyclic) bond motifs is 1. The fourth-order valence-electron chi connectivity index (χ4n) is 3.39. The highest BCUT2D eigenvalue weighted by Crippen LogP contribution is 2.30. The van der Waals surface area contributed by atoms with E-state index in [2.05, 4.69) is 48.9 Å². The molecule has 0 spiro atoms. The van der Waals surface area contributed by atoms with Crippen LogP contribution in [0.3, 0.4) is 0 Å². The van der Waals surface area contributed by atoms with E-state index in [9.17, 15) is 0 Å². The molecule has 1 aromatic heterocycles. The molecule has 3 heteroatoms. The van der Waals surface area contributed by atoms with Crippen molar-refractivity contribution in [1.29, 1.82) is 0 Å². The number of benzene rings is 1. The van der Waals surface area contributed by atoms with Gasteiger partial charge in [0.1, 0.15) is 5.82 Å². The molecule has 3 rings (SSSR count). The van der Waals surface area contributed by atoms with Gasteiger partial charge in [-0.3, -0.25) is 4.90 Å². The molecule has 0 saturated carbocycles. The SMILES string of the molecule is Cc1ccc2nc(C(C(C)C)N3CCCCC3)[nH]c2c1. The van der Waals surface area contributed by atoms with E-state index in [0.717, 1.165) is 11.3 Å². The van der Waals surface area contributed by atoms with Gasteiger partial charge in [0.05, 0.1) is 17.1 Å². The lowest BCUT2D eigenvalue weighted by atomic mass is 9.99. The van der Waals surface area contributed by atoms with E-state index in [1.165, 1.54) is 43.4 Å². The molecular weight excluding hydrogens is 246 g/mol. The summed E-state index contributed by atoms with van der Waals surface area (Å²) in [6, 6.07) is 6.87. The smallest absolute Gasteiger partial charge is 0.124 e. The Morgan fingerprint density at radius 1 is 1.15 bits per heavy atom. The molecule has 3 nitrogen and oxygen atoms in total. The topological polar surface area (TPSA) is 31.9 Å². The van der Waals surface area contributed by atoms with E-state index in [1.807, 2.05) is 0 Å². The number of H-pyrrole nitrogens is 1. The average Bonchev–Trinajstić information content (AvgIpc) is 2.82. The van der Waals surface area contributed by atoms with Crippen molar-refractivity contribution in [2.24, 2.45) is 5.92 Å². The first-order valence-electron chi connectivity index (χ1n) is 7.85. The van der Waals surface area contributed by atoms with Crippen molar-refractivity contribution in [1.82, 2.24) is 14.9 Å². The Morgan fingerprint density at radius 2 is 1.90 bits per heavy atom. The molecule has 1 unspecified atom stereocenters. The van der Waals surface area contributed by atoms with Crippen LogP contribution in [0.5, 0.6) is 0 Å². The van der Waals surface area contributed by atoms with Gasteiger partial charge in [-0.2, -0.15) is 0 Å². The summed E-state index contributed by atoms with van der Waals surface area (Å²) < 4.78 is 0. The Balaban J connectivity index is 1.96. The second-order valence-corrected chi connectivity index (χ2v) is 6.43. The third-order valence-electron chi connectivity index (χ3n) is 4.35. The van der Waals surface area contributed by atoms with E-state index in [4.69, 9.17) is 4.98 Å². The number of rotatable bonds is 3. The van der Waals surface area contributed by atoms with Crippen molar-refractivity contribution in [2.75, 3.05) is 13.1 Å². The second-order valence-electron chi connectivity index (χ2n) is 6.43. The molecule has 0 radical (unpaired) electrons. The summed E-state index contributed by atoms with van der Waals surface area (Å²) in [5.74, 6) is 1.72. The number of nitrogens with one attached hydrogen (secondary N) is 1.